The van der Waals surface area contributed by atoms with Crippen molar-refractivity contribution in [3.05, 3.63) is 16.6 Å². The van der Waals surface area contributed by atoms with Gasteiger partial charge in [0.25, 0.3) is 5.91 Å². The predicted octanol–water partition coefficient (Wildman–Crippen LogP) is 1.86. The van der Waals surface area contributed by atoms with Crippen LogP contribution in [0.2, 0.25) is 0 Å². The van der Waals surface area contributed by atoms with Gasteiger partial charge in [0, 0.05) is 13.1 Å². The molecule has 0 unspecified atom stereocenters. The fourth-order valence-corrected chi connectivity index (χ4v) is 2.48. The van der Waals surface area contributed by atoms with Gasteiger partial charge < -0.3 is 10.0 Å². The van der Waals surface area contributed by atoms with Gasteiger partial charge in [0.2, 0.25) is 0 Å². The summed E-state index contributed by atoms with van der Waals surface area (Å²) in [6, 6.07) is 1.36. The number of hydrogen-bond acceptors (Lipinski definition) is 4. The summed E-state index contributed by atoms with van der Waals surface area (Å²) in [5, 5.41) is 8.78. The zero-order valence-corrected chi connectivity index (χ0v) is 10.2. The number of carboxylic acid groups (broad SMARTS) is 1. The second-order valence-corrected chi connectivity index (χ2v) is 4.89. The number of likely N-dealkylation sites (tertiary alicyclic amines) is 1. The number of amides is 1. The van der Waals surface area contributed by atoms with E-state index in [4.69, 9.17) is 5.11 Å². The Kier molecular flexibility index (Phi) is 3.73. The minimum atomic E-state index is -1.03. The summed E-state index contributed by atoms with van der Waals surface area (Å²) in [5.74, 6) is -1.17. The lowest BCUT2D eigenvalue weighted by Gasteiger charge is -2.18. The second kappa shape index (κ2) is 5.27. The first-order valence-corrected chi connectivity index (χ1v) is 6.45. The van der Waals surface area contributed by atoms with E-state index in [0.717, 1.165) is 50.3 Å². The number of aromatic nitrogens is 1. The van der Waals surface area contributed by atoms with Gasteiger partial charge in [0.15, 0.2) is 0 Å². The smallest absolute Gasteiger partial charge is 0.347 e. The van der Waals surface area contributed by atoms with Crippen LogP contribution in [0.4, 0.5) is 0 Å². The van der Waals surface area contributed by atoms with E-state index in [-0.39, 0.29) is 16.5 Å². The highest BCUT2D eigenvalue weighted by molar-refractivity contribution is 7.08. The normalized spacial score (nSPS) is 16.6. The SMILES string of the molecule is O=C(O)c1cc(C(=O)N2CCCCCC2)ns1. The summed E-state index contributed by atoms with van der Waals surface area (Å²) in [7, 11) is 0. The third-order valence-electron chi connectivity index (χ3n) is 2.83. The third-order valence-corrected chi connectivity index (χ3v) is 3.61. The number of hydrogen-bond donors (Lipinski definition) is 1. The summed E-state index contributed by atoms with van der Waals surface area (Å²) in [5.41, 5.74) is 0.259. The molecule has 6 heteroatoms. The van der Waals surface area contributed by atoms with E-state index in [0.29, 0.717) is 0 Å². The van der Waals surface area contributed by atoms with Gasteiger partial charge in [-0.05, 0) is 30.4 Å². The van der Waals surface area contributed by atoms with Crippen LogP contribution in [0.3, 0.4) is 0 Å². The van der Waals surface area contributed by atoms with E-state index in [9.17, 15) is 9.59 Å². The Morgan fingerprint density at radius 2 is 1.88 bits per heavy atom. The van der Waals surface area contributed by atoms with Crippen LogP contribution in [-0.2, 0) is 0 Å². The van der Waals surface area contributed by atoms with Gasteiger partial charge in [-0.3, -0.25) is 4.79 Å². The number of carbonyl (C=O) groups excluding carboxylic acids is 1. The molecule has 0 atom stereocenters. The van der Waals surface area contributed by atoms with Crippen molar-refractivity contribution in [3.8, 4) is 0 Å². The Morgan fingerprint density at radius 1 is 1.24 bits per heavy atom. The monoisotopic (exact) mass is 254 g/mol. The van der Waals surface area contributed by atoms with Crippen molar-refractivity contribution in [2.45, 2.75) is 25.7 Å². The van der Waals surface area contributed by atoms with Crippen LogP contribution >= 0.6 is 11.5 Å². The molecule has 0 bridgehead atoms. The molecule has 1 amide bonds. The molecule has 92 valence electrons. The van der Waals surface area contributed by atoms with Crippen LogP contribution in [-0.4, -0.2) is 39.3 Å². The zero-order valence-electron chi connectivity index (χ0n) is 9.39. The Bertz CT molecular complexity index is 422. The van der Waals surface area contributed by atoms with E-state index < -0.39 is 5.97 Å². The largest absolute Gasteiger partial charge is 0.477 e. The van der Waals surface area contributed by atoms with Crippen LogP contribution in [0, 0.1) is 0 Å². The molecule has 1 saturated heterocycles. The van der Waals surface area contributed by atoms with E-state index in [1.54, 1.807) is 4.90 Å². The molecule has 1 fully saturated rings. The number of aromatic carboxylic acids is 1. The van der Waals surface area contributed by atoms with Gasteiger partial charge in [-0.1, -0.05) is 12.8 Å². The summed E-state index contributed by atoms with van der Waals surface area (Å²) in [4.78, 5) is 24.7. The van der Waals surface area contributed by atoms with E-state index >= 15 is 0 Å². The molecule has 0 saturated carbocycles. The second-order valence-electron chi connectivity index (χ2n) is 4.09. The van der Waals surface area contributed by atoms with Crippen molar-refractivity contribution in [2.75, 3.05) is 13.1 Å². The Hall–Kier alpha value is -1.43. The van der Waals surface area contributed by atoms with Crippen LogP contribution < -0.4 is 0 Å². The highest BCUT2D eigenvalue weighted by atomic mass is 32.1. The minimum absolute atomic E-state index is 0.114. The van der Waals surface area contributed by atoms with Gasteiger partial charge in [0.05, 0.1) is 0 Å². The molecule has 1 N–H and O–H groups in total. The lowest BCUT2D eigenvalue weighted by Crippen LogP contribution is -2.31. The maximum absolute atomic E-state index is 12.1. The average Bonchev–Trinajstić information content (AvgIpc) is 2.65. The van der Waals surface area contributed by atoms with E-state index in [1.807, 2.05) is 0 Å². The van der Waals surface area contributed by atoms with Gasteiger partial charge >= 0.3 is 5.97 Å². The molecule has 0 aliphatic carbocycles. The Labute approximate surface area is 103 Å². The van der Waals surface area contributed by atoms with E-state index in [1.165, 1.54) is 6.07 Å². The van der Waals surface area contributed by atoms with Gasteiger partial charge in [-0.25, -0.2) is 4.79 Å². The summed E-state index contributed by atoms with van der Waals surface area (Å²) < 4.78 is 3.91. The van der Waals surface area contributed by atoms with Crippen LogP contribution in [0.1, 0.15) is 45.8 Å². The van der Waals surface area contributed by atoms with Crippen LogP contribution in [0.15, 0.2) is 6.07 Å². The molecule has 2 heterocycles. The number of carboxylic acids is 1. The van der Waals surface area contributed by atoms with Crippen molar-refractivity contribution in [3.63, 3.8) is 0 Å². The van der Waals surface area contributed by atoms with Crippen LogP contribution in [0.25, 0.3) is 0 Å². The van der Waals surface area contributed by atoms with Crippen molar-refractivity contribution >= 4 is 23.4 Å². The highest BCUT2D eigenvalue weighted by Crippen LogP contribution is 2.15. The molecule has 1 aromatic heterocycles. The molecule has 2 rings (SSSR count). The van der Waals surface area contributed by atoms with Crippen molar-refractivity contribution in [1.82, 2.24) is 9.27 Å². The first-order valence-electron chi connectivity index (χ1n) is 5.68. The van der Waals surface area contributed by atoms with Crippen molar-refractivity contribution in [1.29, 1.82) is 0 Å². The molecule has 0 spiro atoms. The average molecular weight is 254 g/mol. The molecule has 1 aliphatic heterocycles. The molecule has 5 nitrogen and oxygen atoms in total. The predicted molar refractivity (Wildman–Crippen MR) is 63.4 cm³/mol. The highest BCUT2D eigenvalue weighted by Gasteiger charge is 2.21. The van der Waals surface area contributed by atoms with Crippen LogP contribution in [0.5, 0.6) is 0 Å². The van der Waals surface area contributed by atoms with E-state index in [2.05, 4.69) is 4.37 Å². The van der Waals surface area contributed by atoms with Gasteiger partial charge in [-0.2, -0.15) is 4.37 Å². The third kappa shape index (κ3) is 2.82. The maximum Gasteiger partial charge on any atom is 0.347 e. The summed E-state index contributed by atoms with van der Waals surface area (Å²) in [6.45, 7) is 1.50. The molecular formula is C11H14N2O3S. The number of nitrogens with zero attached hydrogens (tertiary/aromatic N) is 2. The first-order chi connectivity index (χ1) is 8.18. The topological polar surface area (TPSA) is 70.5 Å². The molecule has 0 radical (unpaired) electrons. The van der Waals surface area contributed by atoms with Crippen molar-refractivity contribution in [2.24, 2.45) is 0 Å². The summed E-state index contributed by atoms with van der Waals surface area (Å²) in [6.07, 6.45) is 4.34. The quantitative estimate of drug-likeness (QED) is 0.874. The van der Waals surface area contributed by atoms with Crippen molar-refractivity contribution < 1.29 is 14.7 Å². The fraction of sp³-hybridized carbons (Fsp3) is 0.545. The lowest BCUT2D eigenvalue weighted by atomic mass is 10.2. The number of carbonyl (C=O) groups is 2. The first kappa shape index (κ1) is 12.0. The maximum atomic E-state index is 12.1. The van der Waals surface area contributed by atoms with Gasteiger partial charge in [-0.15, -0.1) is 0 Å². The van der Waals surface area contributed by atoms with Gasteiger partial charge in [0.1, 0.15) is 10.6 Å². The standard InChI is InChI=1S/C11H14N2O3S/c14-10(13-5-3-1-2-4-6-13)8-7-9(11(15)16)17-12-8/h7H,1-6H2,(H,15,16). The summed E-state index contributed by atoms with van der Waals surface area (Å²) >= 11 is 0.858. The Balaban J connectivity index is 2.09. The molecule has 1 aliphatic rings. The molecule has 0 aromatic carbocycles. The number of rotatable bonds is 2. The molecule has 17 heavy (non-hydrogen) atoms. The fourth-order valence-electron chi connectivity index (χ4n) is 1.91. The molecule has 1 aromatic rings. The zero-order chi connectivity index (χ0) is 12.3. The molecular weight excluding hydrogens is 240 g/mol. The Morgan fingerprint density at radius 3 is 2.41 bits per heavy atom. The minimum Gasteiger partial charge on any atom is -0.477 e. The lowest BCUT2D eigenvalue weighted by molar-refractivity contribution is 0.0702.